The molecule has 0 saturated heterocycles. The lowest BCUT2D eigenvalue weighted by atomic mass is 10.4. The monoisotopic (exact) mass is 223 g/mol. The van der Waals surface area contributed by atoms with Crippen molar-refractivity contribution >= 4 is 11.6 Å². The van der Waals surface area contributed by atoms with E-state index in [1.165, 1.54) is 0 Å². The number of guanidine groups is 1. The zero-order valence-electron chi connectivity index (χ0n) is 9.55. The average Bonchev–Trinajstić information content (AvgIpc) is 2.35. The van der Waals surface area contributed by atoms with E-state index >= 15 is 0 Å². The van der Waals surface area contributed by atoms with Crippen molar-refractivity contribution in [3.05, 3.63) is 24.5 Å². The van der Waals surface area contributed by atoms with Crippen LogP contribution in [0, 0.1) is 0 Å². The van der Waals surface area contributed by atoms with E-state index in [1.54, 1.807) is 19.5 Å². The van der Waals surface area contributed by atoms with Crippen LogP contribution in [0.2, 0.25) is 0 Å². The van der Waals surface area contributed by atoms with Crippen LogP contribution in [0.15, 0.2) is 29.5 Å². The van der Waals surface area contributed by atoms with Crippen LogP contribution in [0.3, 0.4) is 0 Å². The maximum atomic E-state index is 5.41. The van der Waals surface area contributed by atoms with Crippen molar-refractivity contribution in [2.45, 2.75) is 0 Å². The van der Waals surface area contributed by atoms with E-state index in [4.69, 9.17) is 10.6 Å². The highest BCUT2D eigenvalue weighted by atomic mass is 16.5. The van der Waals surface area contributed by atoms with Gasteiger partial charge in [0.05, 0.1) is 25.0 Å². The molecular formula is C10H17N5O. The van der Waals surface area contributed by atoms with Gasteiger partial charge in [-0.15, -0.1) is 0 Å². The molecule has 6 nitrogen and oxygen atoms in total. The van der Waals surface area contributed by atoms with Crippen LogP contribution in [0.1, 0.15) is 0 Å². The number of nitrogens with zero attached hydrogens (tertiary/aromatic N) is 3. The van der Waals surface area contributed by atoms with Gasteiger partial charge in [0.2, 0.25) is 5.96 Å². The van der Waals surface area contributed by atoms with Gasteiger partial charge in [-0.3, -0.25) is 10.4 Å². The quantitative estimate of drug-likeness (QED) is 0.247. The molecule has 0 aliphatic rings. The normalized spacial score (nSPS) is 11.3. The summed E-state index contributed by atoms with van der Waals surface area (Å²) in [6.07, 6.45) is 3.46. The smallest absolute Gasteiger partial charge is 0.212 e. The molecule has 0 atom stereocenters. The van der Waals surface area contributed by atoms with E-state index in [9.17, 15) is 0 Å². The molecule has 0 aromatic carbocycles. The highest BCUT2D eigenvalue weighted by Gasteiger charge is 2.06. The van der Waals surface area contributed by atoms with Crippen LogP contribution in [0.4, 0.5) is 5.69 Å². The van der Waals surface area contributed by atoms with E-state index in [-0.39, 0.29) is 0 Å². The van der Waals surface area contributed by atoms with Gasteiger partial charge in [-0.25, -0.2) is 10.8 Å². The molecule has 0 spiro atoms. The molecule has 0 amide bonds. The lowest BCUT2D eigenvalue weighted by Gasteiger charge is -2.20. The maximum Gasteiger partial charge on any atom is 0.212 e. The second kappa shape index (κ2) is 6.76. The topological polar surface area (TPSA) is 75.8 Å². The van der Waals surface area contributed by atoms with Gasteiger partial charge in [0.25, 0.3) is 0 Å². The van der Waals surface area contributed by atoms with Crippen LogP contribution in [0.25, 0.3) is 0 Å². The third-order valence-corrected chi connectivity index (χ3v) is 2.04. The summed E-state index contributed by atoms with van der Waals surface area (Å²) in [5.74, 6) is 5.98. The number of ether oxygens (including phenoxy) is 1. The minimum Gasteiger partial charge on any atom is -0.383 e. The van der Waals surface area contributed by atoms with Gasteiger partial charge < -0.3 is 9.64 Å². The van der Waals surface area contributed by atoms with Crippen molar-refractivity contribution in [3.8, 4) is 0 Å². The zero-order chi connectivity index (χ0) is 11.8. The summed E-state index contributed by atoms with van der Waals surface area (Å²) >= 11 is 0. The van der Waals surface area contributed by atoms with Gasteiger partial charge in [-0.05, 0) is 12.1 Å². The molecule has 1 aromatic heterocycles. The number of nitrogens with two attached hydrogens (primary N) is 1. The SMILES string of the molecule is COCCN=C(NN)N(C)c1cccnc1. The predicted octanol–water partition coefficient (Wildman–Crippen LogP) is -0.0165. The first-order valence-electron chi connectivity index (χ1n) is 4.93. The van der Waals surface area contributed by atoms with Crippen molar-refractivity contribution in [3.63, 3.8) is 0 Å². The third kappa shape index (κ3) is 3.48. The highest BCUT2D eigenvalue weighted by molar-refractivity contribution is 5.94. The van der Waals surface area contributed by atoms with Gasteiger partial charge in [-0.2, -0.15) is 0 Å². The Kier molecular flexibility index (Phi) is 5.24. The fourth-order valence-corrected chi connectivity index (χ4v) is 1.17. The molecule has 88 valence electrons. The molecular weight excluding hydrogens is 206 g/mol. The van der Waals surface area contributed by atoms with Crippen LogP contribution in [-0.4, -0.2) is 38.3 Å². The van der Waals surface area contributed by atoms with E-state index < -0.39 is 0 Å². The number of aromatic nitrogens is 1. The molecule has 16 heavy (non-hydrogen) atoms. The first-order valence-corrected chi connectivity index (χ1v) is 4.93. The Hall–Kier alpha value is -1.66. The summed E-state index contributed by atoms with van der Waals surface area (Å²) in [5, 5.41) is 0. The molecule has 0 fully saturated rings. The summed E-state index contributed by atoms with van der Waals surface area (Å²) in [6, 6.07) is 3.78. The largest absolute Gasteiger partial charge is 0.383 e. The summed E-state index contributed by atoms with van der Waals surface area (Å²) in [5.41, 5.74) is 3.47. The number of rotatable bonds is 4. The van der Waals surface area contributed by atoms with Crippen molar-refractivity contribution in [1.29, 1.82) is 0 Å². The van der Waals surface area contributed by atoms with Crippen molar-refractivity contribution in [2.24, 2.45) is 10.8 Å². The molecule has 0 radical (unpaired) electrons. The van der Waals surface area contributed by atoms with Crippen LogP contribution >= 0.6 is 0 Å². The second-order valence-electron chi connectivity index (χ2n) is 3.11. The standard InChI is InChI=1S/C10H17N5O/c1-15(9-4-3-5-12-8-9)10(14-11)13-6-7-16-2/h3-5,8H,6-7,11H2,1-2H3,(H,13,14). The second-order valence-corrected chi connectivity index (χ2v) is 3.11. The molecule has 3 N–H and O–H groups in total. The van der Waals surface area contributed by atoms with Crippen molar-refractivity contribution in [1.82, 2.24) is 10.4 Å². The Labute approximate surface area is 95.1 Å². The van der Waals surface area contributed by atoms with Crippen molar-refractivity contribution < 1.29 is 4.74 Å². The van der Waals surface area contributed by atoms with Gasteiger partial charge in [0, 0.05) is 20.4 Å². The number of nitrogens with one attached hydrogen (secondary N) is 1. The average molecular weight is 223 g/mol. The van der Waals surface area contributed by atoms with Crippen LogP contribution in [-0.2, 0) is 4.74 Å². The van der Waals surface area contributed by atoms with Gasteiger partial charge in [0.15, 0.2) is 0 Å². The highest BCUT2D eigenvalue weighted by Crippen LogP contribution is 2.08. The predicted molar refractivity (Wildman–Crippen MR) is 64.1 cm³/mol. The fourth-order valence-electron chi connectivity index (χ4n) is 1.17. The molecule has 6 heteroatoms. The van der Waals surface area contributed by atoms with Crippen molar-refractivity contribution in [2.75, 3.05) is 32.2 Å². The number of methoxy groups -OCH3 is 1. The van der Waals surface area contributed by atoms with Gasteiger partial charge >= 0.3 is 0 Å². The summed E-state index contributed by atoms with van der Waals surface area (Å²) in [4.78, 5) is 10.1. The Balaban J connectivity index is 2.69. The number of hydrogen-bond acceptors (Lipinski definition) is 4. The summed E-state index contributed by atoms with van der Waals surface area (Å²) in [6.45, 7) is 1.12. The number of hydrogen-bond donors (Lipinski definition) is 2. The zero-order valence-corrected chi connectivity index (χ0v) is 9.55. The fraction of sp³-hybridized carbons (Fsp3) is 0.400. The summed E-state index contributed by atoms with van der Waals surface area (Å²) in [7, 11) is 3.50. The lowest BCUT2D eigenvalue weighted by Crippen LogP contribution is -2.43. The first kappa shape index (κ1) is 12.4. The minimum absolute atomic E-state index is 0.556. The number of anilines is 1. The molecule has 0 aliphatic carbocycles. The molecule has 1 heterocycles. The van der Waals surface area contributed by atoms with Crippen LogP contribution < -0.4 is 16.2 Å². The minimum atomic E-state index is 0.556. The summed E-state index contributed by atoms with van der Waals surface area (Å²) < 4.78 is 4.92. The van der Waals surface area contributed by atoms with E-state index in [0.717, 1.165) is 5.69 Å². The Morgan fingerprint density at radius 1 is 1.69 bits per heavy atom. The van der Waals surface area contributed by atoms with E-state index in [2.05, 4.69) is 15.4 Å². The Bertz CT molecular complexity index is 327. The molecule has 1 rings (SSSR count). The van der Waals surface area contributed by atoms with Gasteiger partial charge in [-0.1, -0.05) is 0 Å². The van der Waals surface area contributed by atoms with E-state index in [0.29, 0.717) is 19.1 Å². The first-order chi connectivity index (χ1) is 7.79. The van der Waals surface area contributed by atoms with E-state index in [1.807, 2.05) is 24.1 Å². The molecule has 0 bridgehead atoms. The number of pyridine rings is 1. The molecule has 1 aromatic rings. The molecule has 0 unspecified atom stereocenters. The Morgan fingerprint density at radius 2 is 2.50 bits per heavy atom. The lowest BCUT2D eigenvalue weighted by molar-refractivity contribution is 0.208. The van der Waals surface area contributed by atoms with Gasteiger partial charge in [0.1, 0.15) is 0 Å². The molecule has 0 aliphatic heterocycles. The van der Waals surface area contributed by atoms with Crippen LogP contribution in [0.5, 0.6) is 0 Å². The Morgan fingerprint density at radius 3 is 3.06 bits per heavy atom. The third-order valence-electron chi connectivity index (χ3n) is 2.04. The molecule has 0 saturated carbocycles. The maximum absolute atomic E-state index is 5.41. The number of aliphatic imine (C=N–C) groups is 1. The number of hydrazine groups is 1.